The standard InChI is InChI=1S/C8H14S/c1-8-4-2-3-7(8)5-9-6-8/h7H,2-6H2,1H3. The first-order valence-electron chi connectivity index (χ1n) is 3.89. The van der Waals surface area contributed by atoms with Crippen LogP contribution >= 0.6 is 11.8 Å². The molecule has 1 aliphatic carbocycles. The molecule has 9 heavy (non-hydrogen) atoms. The molecule has 2 atom stereocenters. The van der Waals surface area contributed by atoms with Crippen LogP contribution in [0.3, 0.4) is 0 Å². The van der Waals surface area contributed by atoms with Gasteiger partial charge in [0, 0.05) is 0 Å². The van der Waals surface area contributed by atoms with Gasteiger partial charge >= 0.3 is 0 Å². The van der Waals surface area contributed by atoms with Crippen molar-refractivity contribution in [1.82, 2.24) is 0 Å². The van der Waals surface area contributed by atoms with Gasteiger partial charge in [-0.05, 0) is 35.7 Å². The quantitative estimate of drug-likeness (QED) is 0.501. The molecular weight excluding hydrogens is 128 g/mol. The van der Waals surface area contributed by atoms with Crippen molar-refractivity contribution in [3.63, 3.8) is 0 Å². The molecule has 0 N–H and O–H groups in total. The second-order valence-corrected chi connectivity index (χ2v) is 4.79. The smallest absolute Gasteiger partial charge is 0.00104 e. The molecule has 0 aromatic rings. The number of rotatable bonds is 0. The van der Waals surface area contributed by atoms with Gasteiger partial charge in [0.2, 0.25) is 0 Å². The molecule has 2 aliphatic rings. The zero-order valence-corrected chi connectivity index (χ0v) is 6.84. The summed E-state index contributed by atoms with van der Waals surface area (Å²) in [5.74, 6) is 3.98. The van der Waals surface area contributed by atoms with E-state index >= 15 is 0 Å². The van der Waals surface area contributed by atoms with Gasteiger partial charge in [0.05, 0.1) is 0 Å². The second-order valence-electron chi connectivity index (χ2n) is 3.76. The maximum absolute atomic E-state index is 2.48. The largest absolute Gasteiger partial charge is 0.161 e. The van der Waals surface area contributed by atoms with Crippen LogP contribution in [0.1, 0.15) is 26.2 Å². The van der Waals surface area contributed by atoms with Crippen LogP contribution in [0.4, 0.5) is 0 Å². The Bertz CT molecular complexity index is 110. The summed E-state index contributed by atoms with van der Waals surface area (Å²) in [4.78, 5) is 0. The monoisotopic (exact) mass is 142 g/mol. The zero-order chi connectivity index (χ0) is 6.32. The first-order valence-corrected chi connectivity index (χ1v) is 5.04. The Labute approximate surface area is 61.4 Å². The molecule has 2 unspecified atom stereocenters. The van der Waals surface area contributed by atoms with E-state index in [0.29, 0.717) is 0 Å². The minimum absolute atomic E-state index is 0.769. The van der Waals surface area contributed by atoms with E-state index in [-0.39, 0.29) is 0 Å². The maximum atomic E-state index is 2.48. The summed E-state index contributed by atoms with van der Waals surface area (Å²) in [5.41, 5.74) is 0.769. The molecule has 1 heteroatoms. The van der Waals surface area contributed by atoms with Crippen LogP contribution < -0.4 is 0 Å². The van der Waals surface area contributed by atoms with Crippen molar-refractivity contribution in [3.8, 4) is 0 Å². The van der Waals surface area contributed by atoms with Crippen LogP contribution in [0.15, 0.2) is 0 Å². The lowest BCUT2D eigenvalue weighted by Crippen LogP contribution is -2.18. The molecule has 2 rings (SSSR count). The topological polar surface area (TPSA) is 0 Å². The highest BCUT2D eigenvalue weighted by Gasteiger charge is 2.42. The molecular formula is C8H14S. The first-order chi connectivity index (χ1) is 4.31. The first kappa shape index (κ1) is 6.09. The lowest BCUT2D eigenvalue weighted by molar-refractivity contribution is 0.310. The highest BCUT2D eigenvalue weighted by molar-refractivity contribution is 7.99. The van der Waals surface area contributed by atoms with E-state index in [1.807, 2.05) is 0 Å². The van der Waals surface area contributed by atoms with E-state index in [1.54, 1.807) is 0 Å². The minimum Gasteiger partial charge on any atom is -0.161 e. The predicted molar refractivity (Wildman–Crippen MR) is 42.8 cm³/mol. The number of hydrogen-bond acceptors (Lipinski definition) is 1. The van der Waals surface area contributed by atoms with Crippen molar-refractivity contribution >= 4 is 11.8 Å². The van der Waals surface area contributed by atoms with Crippen molar-refractivity contribution < 1.29 is 0 Å². The lowest BCUT2D eigenvalue weighted by Gasteiger charge is -2.21. The lowest BCUT2D eigenvalue weighted by atomic mass is 9.83. The average Bonchev–Trinajstić information content (AvgIpc) is 2.22. The van der Waals surface area contributed by atoms with Gasteiger partial charge in [0.15, 0.2) is 0 Å². The van der Waals surface area contributed by atoms with Gasteiger partial charge in [-0.25, -0.2) is 0 Å². The van der Waals surface area contributed by atoms with Gasteiger partial charge in [-0.15, -0.1) is 0 Å². The zero-order valence-electron chi connectivity index (χ0n) is 6.02. The Morgan fingerprint density at radius 1 is 1.56 bits per heavy atom. The molecule has 0 amide bonds. The third-order valence-electron chi connectivity index (χ3n) is 3.04. The Kier molecular flexibility index (Phi) is 1.29. The van der Waals surface area contributed by atoms with Crippen LogP contribution in [-0.2, 0) is 0 Å². The molecule has 0 nitrogen and oxygen atoms in total. The number of hydrogen-bond donors (Lipinski definition) is 0. The Balaban J connectivity index is 2.17. The molecule has 1 heterocycles. The Morgan fingerprint density at radius 3 is 3.22 bits per heavy atom. The molecule has 52 valence electrons. The molecule has 1 aliphatic heterocycles. The summed E-state index contributed by atoms with van der Waals surface area (Å²) < 4.78 is 0. The van der Waals surface area contributed by atoms with E-state index in [4.69, 9.17) is 0 Å². The number of thioether (sulfide) groups is 1. The molecule has 0 spiro atoms. The van der Waals surface area contributed by atoms with Crippen LogP contribution in [0.5, 0.6) is 0 Å². The van der Waals surface area contributed by atoms with Crippen molar-refractivity contribution in [1.29, 1.82) is 0 Å². The normalized spacial score (nSPS) is 49.7. The summed E-state index contributed by atoms with van der Waals surface area (Å²) in [7, 11) is 0. The van der Waals surface area contributed by atoms with Gasteiger partial charge in [0.25, 0.3) is 0 Å². The van der Waals surface area contributed by atoms with Gasteiger partial charge in [-0.1, -0.05) is 13.3 Å². The predicted octanol–water partition coefficient (Wildman–Crippen LogP) is 2.54. The molecule has 1 saturated carbocycles. The highest BCUT2D eigenvalue weighted by atomic mass is 32.2. The van der Waals surface area contributed by atoms with Crippen LogP contribution in [-0.4, -0.2) is 11.5 Å². The fraction of sp³-hybridized carbons (Fsp3) is 1.00. The molecule has 0 radical (unpaired) electrons. The van der Waals surface area contributed by atoms with Crippen molar-refractivity contribution in [2.24, 2.45) is 11.3 Å². The average molecular weight is 142 g/mol. The van der Waals surface area contributed by atoms with Crippen molar-refractivity contribution in [2.45, 2.75) is 26.2 Å². The van der Waals surface area contributed by atoms with Gasteiger partial charge in [-0.3, -0.25) is 0 Å². The summed E-state index contributed by atoms with van der Waals surface area (Å²) in [5, 5.41) is 0. The fourth-order valence-electron chi connectivity index (χ4n) is 2.21. The minimum atomic E-state index is 0.769. The summed E-state index contributed by atoms with van der Waals surface area (Å²) >= 11 is 2.16. The summed E-state index contributed by atoms with van der Waals surface area (Å²) in [6, 6.07) is 0. The third-order valence-corrected chi connectivity index (χ3v) is 4.54. The molecule has 0 bridgehead atoms. The van der Waals surface area contributed by atoms with E-state index in [2.05, 4.69) is 18.7 Å². The number of fused-ring (bicyclic) bond motifs is 1. The molecule has 1 saturated heterocycles. The van der Waals surface area contributed by atoms with Crippen LogP contribution in [0.25, 0.3) is 0 Å². The molecule has 2 fully saturated rings. The van der Waals surface area contributed by atoms with Crippen LogP contribution in [0, 0.1) is 11.3 Å². The van der Waals surface area contributed by atoms with Crippen molar-refractivity contribution in [2.75, 3.05) is 11.5 Å². The van der Waals surface area contributed by atoms with Crippen molar-refractivity contribution in [3.05, 3.63) is 0 Å². The van der Waals surface area contributed by atoms with Gasteiger partial charge in [-0.2, -0.15) is 11.8 Å². The Hall–Kier alpha value is 0.350. The van der Waals surface area contributed by atoms with Crippen LogP contribution in [0.2, 0.25) is 0 Å². The fourth-order valence-corrected chi connectivity index (χ4v) is 4.03. The third kappa shape index (κ3) is 0.813. The van der Waals surface area contributed by atoms with Gasteiger partial charge < -0.3 is 0 Å². The molecule has 0 aromatic heterocycles. The Morgan fingerprint density at radius 2 is 2.44 bits per heavy atom. The van der Waals surface area contributed by atoms with Gasteiger partial charge in [0.1, 0.15) is 0 Å². The molecule has 0 aromatic carbocycles. The van der Waals surface area contributed by atoms with E-state index < -0.39 is 0 Å². The summed E-state index contributed by atoms with van der Waals surface area (Å²) in [6.07, 6.45) is 4.52. The highest BCUT2D eigenvalue weighted by Crippen LogP contribution is 2.51. The summed E-state index contributed by atoms with van der Waals surface area (Å²) in [6.45, 7) is 2.48. The SMILES string of the molecule is CC12CCCC1CSC2. The second kappa shape index (κ2) is 1.91. The maximum Gasteiger partial charge on any atom is -0.00104 e. The van der Waals surface area contributed by atoms with E-state index in [0.717, 1.165) is 11.3 Å². The van der Waals surface area contributed by atoms with E-state index in [9.17, 15) is 0 Å². The van der Waals surface area contributed by atoms with E-state index in [1.165, 1.54) is 30.8 Å².